The number of carbonyl (C=O) groups is 3. The van der Waals surface area contributed by atoms with Crippen molar-refractivity contribution in [2.45, 2.75) is 38.1 Å². The van der Waals surface area contributed by atoms with Crippen LogP contribution < -0.4 is 10.6 Å². The van der Waals surface area contributed by atoms with E-state index < -0.39 is 11.6 Å². The maximum Gasteiger partial charge on any atom is 0.325 e. The maximum absolute atomic E-state index is 13.0. The summed E-state index contributed by atoms with van der Waals surface area (Å²) in [5.41, 5.74) is 0.942. The van der Waals surface area contributed by atoms with Crippen LogP contribution in [-0.4, -0.2) is 34.8 Å². The number of rotatable bonds is 5. The number of carbonyl (C=O) groups excluding carboxylic acids is 3. The minimum absolute atomic E-state index is 0.222. The predicted molar refractivity (Wildman–Crippen MR) is 95.9 cm³/mol. The average Bonchev–Trinajstić information content (AvgIpc) is 3.45. The molecule has 1 saturated heterocycles. The molecule has 1 heterocycles. The first-order valence-electron chi connectivity index (χ1n) is 8.62. The summed E-state index contributed by atoms with van der Waals surface area (Å²) in [4.78, 5) is 38.8. The number of amides is 4. The van der Waals surface area contributed by atoms with Crippen LogP contribution in [0.4, 0.5) is 10.5 Å². The third-order valence-electron chi connectivity index (χ3n) is 5.30. The Morgan fingerprint density at radius 1 is 1.28 bits per heavy atom. The van der Waals surface area contributed by atoms with Gasteiger partial charge in [-0.05, 0) is 78.1 Å². The molecule has 0 radical (unpaired) electrons. The molecule has 0 spiro atoms. The Morgan fingerprint density at radius 2 is 1.92 bits per heavy atom. The first kappa shape index (κ1) is 16.6. The Bertz CT molecular complexity index is 759. The van der Waals surface area contributed by atoms with Crippen LogP contribution in [0.5, 0.6) is 0 Å². The largest absolute Gasteiger partial charge is 0.325 e. The summed E-state index contributed by atoms with van der Waals surface area (Å²) in [6.07, 6.45) is 3.88. The lowest BCUT2D eigenvalue weighted by atomic mass is 9.87. The average molecular weight is 406 g/mol. The van der Waals surface area contributed by atoms with Crippen molar-refractivity contribution in [2.24, 2.45) is 11.8 Å². The molecule has 2 N–H and O–H groups in total. The summed E-state index contributed by atoms with van der Waals surface area (Å²) in [5, 5.41) is 5.69. The van der Waals surface area contributed by atoms with E-state index in [0.29, 0.717) is 5.69 Å². The van der Waals surface area contributed by atoms with Crippen molar-refractivity contribution in [3.8, 4) is 0 Å². The van der Waals surface area contributed by atoms with Crippen LogP contribution in [0.3, 0.4) is 0 Å². The zero-order valence-corrected chi connectivity index (χ0v) is 15.6. The summed E-state index contributed by atoms with van der Waals surface area (Å²) >= 11 is 3.41. The summed E-state index contributed by atoms with van der Waals surface area (Å²) < 4.78 is 0.767. The number of nitrogens with one attached hydrogen (secondary N) is 2. The molecule has 1 aliphatic heterocycles. The minimum Gasteiger partial charge on any atom is -0.323 e. The zero-order valence-electron chi connectivity index (χ0n) is 14.0. The van der Waals surface area contributed by atoms with Gasteiger partial charge in [0.15, 0.2) is 0 Å². The zero-order chi connectivity index (χ0) is 17.8. The Labute approximate surface area is 154 Å². The SMILES string of the molecule is Cc1ccc(NC(=O)CN2C(=O)NC(C3CC3)(C3CC3)C2=O)c(Br)c1. The molecule has 1 aromatic carbocycles. The van der Waals surface area contributed by atoms with Crippen LogP contribution >= 0.6 is 15.9 Å². The van der Waals surface area contributed by atoms with Crippen molar-refractivity contribution in [3.05, 3.63) is 28.2 Å². The van der Waals surface area contributed by atoms with E-state index in [0.717, 1.165) is 40.6 Å². The van der Waals surface area contributed by atoms with Gasteiger partial charge in [0.2, 0.25) is 5.91 Å². The molecule has 6 nitrogen and oxygen atoms in total. The second-order valence-corrected chi connectivity index (χ2v) is 8.12. The molecule has 25 heavy (non-hydrogen) atoms. The van der Waals surface area contributed by atoms with Gasteiger partial charge in [0.05, 0.1) is 5.69 Å². The van der Waals surface area contributed by atoms with Crippen LogP contribution in [0.1, 0.15) is 31.2 Å². The van der Waals surface area contributed by atoms with Gasteiger partial charge in [-0.25, -0.2) is 4.79 Å². The molecule has 0 atom stereocenters. The molecule has 132 valence electrons. The normalized spacial score (nSPS) is 22.1. The highest BCUT2D eigenvalue weighted by molar-refractivity contribution is 9.10. The Morgan fingerprint density at radius 3 is 2.48 bits per heavy atom. The fourth-order valence-electron chi connectivity index (χ4n) is 3.78. The standard InChI is InChI=1S/C18H20BrN3O3/c1-10-2-7-14(13(19)8-10)20-15(23)9-22-16(24)18(11-3-4-11,12-5-6-12)21-17(22)25/h2,7-8,11-12H,3-6,9H2,1H3,(H,20,23)(H,21,25). The van der Waals surface area contributed by atoms with Gasteiger partial charge in [-0.3, -0.25) is 14.5 Å². The van der Waals surface area contributed by atoms with Crippen molar-refractivity contribution in [2.75, 3.05) is 11.9 Å². The van der Waals surface area contributed by atoms with Crippen LogP contribution in [0.15, 0.2) is 22.7 Å². The third kappa shape index (κ3) is 2.84. The molecule has 0 aromatic heterocycles. The molecule has 1 aromatic rings. The minimum atomic E-state index is -0.748. The molecule has 7 heteroatoms. The molecule has 2 saturated carbocycles. The van der Waals surface area contributed by atoms with Gasteiger partial charge in [-0.2, -0.15) is 0 Å². The second-order valence-electron chi connectivity index (χ2n) is 7.27. The summed E-state index contributed by atoms with van der Waals surface area (Å²) in [6.45, 7) is 1.70. The molecule has 4 rings (SSSR count). The predicted octanol–water partition coefficient (Wildman–Crippen LogP) is 2.81. The lowest BCUT2D eigenvalue weighted by Gasteiger charge is -2.26. The first-order chi connectivity index (χ1) is 11.9. The van der Waals surface area contributed by atoms with Gasteiger partial charge >= 0.3 is 6.03 Å². The Hall–Kier alpha value is -1.89. The number of anilines is 1. The smallest absolute Gasteiger partial charge is 0.323 e. The topological polar surface area (TPSA) is 78.5 Å². The van der Waals surface area contributed by atoms with E-state index in [-0.39, 0.29) is 30.2 Å². The number of imide groups is 1. The summed E-state index contributed by atoms with van der Waals surface area (Å²) in [6, 6.07) is 5.14. The fourth-order valence-corrected chi connectivity index (χ4v) is 4.37. The van der Waals surface area contributed by atoms with Crippen molar-refractivity contribution >= 4 is 39.5 Å². The van der Waals surface area contributed by atoms with Gasteiger partial charge in [0.25, 0.3) is 5.91 Å². The number of urea groups is 1. The number of hydrogen-bond donors (Lipinski definition) is 2. The van der Waals surface area contributed by atoms with E-state index in [1.807, 2.05) is 19.1 Å². The summed E-state index contributed by atoms with van der Waals surface area (Å²) in [7, 11) is 0. The fraction of sp³-hybridized carbons (Fsp3) is 0.500. The first-order valence-corrected chi connectivity index (χ1v) is 9.41. The molecule has 0 unspecified atom stereocenters. The van der Waals surface area contributed by atoms with Gasteiger partial charge in [-0.1, -0.05) is 6.07 Å². The second kappa shape index (κ2) is 5.83. The quantitative estimate of drug-likeness (QED) is 0.739. The van der Waals surface area contributed by atoms with E-state index in [9.17, 15) is 14.4 Å². The molecule has 3 aliphatic rings. The van der Waals surface area contributed by atoms with E-state index in [2.05, 4.69) is 26.6 Å². The van der Waals surface area contributed by atoms with E-state index in [4.69, 9.17) is 0 Å². The number of halogens is 1. The Kier molecular flexibility index (Phi) is 3.86. The van der Waals surface area contributed by atoms with E-state index in [1.165, 1.54) is 0 Å². The molecule has 3 fully saturated rings. The molecule has 0 bridgehead atoms. The molecule has 4 amide bonds. The van der Waals surface area contributed by atoms with Gasteiger partial charge in [0, 0.05) is 4.47 Å². The van der Waals surface area contributed by atoms with Crippen molar-refractivity contribution in [1.82, 2.24) is 10.2 Å². The highest BCUT2D eigenvalue weighted by Gasteiger charge is 2.65. The number of nitrogens with zero attached hydrogens (tertiary/aromatic N) is 1. The van der Waals surface area contributed by atoms with Gasteiger partial charge in [0.1, 0.15) is 12.1 Å². The van der Waals surface area contributed by atoms with E-state index >= 15 is 0 Å². The van der Waals surface area contributed by atoms with Crippen LogP contribution in [-0.2, 0) is 9.59 Å². The van der Waals surface area contributed by atoms with Crippen molar-refractivity contribution in [3.63, 3.8) is 0 Å². The number of hydrogen-bond acceptors (Lipinski definition) is 3. The molecular formula is C18H20BrN3O3. The van der Waals surface area contributed by atoms with Crippen LogP contribution in [0.25, 0.3) is 0 Å². The highest BCUT2D eigenvalue weighted by atomic mass is 79.9. The van der Waals surface area contributed by atoms with Gasteiger partial charge in [-0.15, -0.1) is 0 Å². The number of aryl methyl sites for hydroxylation is 1. The lowest BCUT2D eigenvalue weighted by molar-refractivity contribution is -0.135. The Balaban J connectivity index is 1.47. The molecule has 2 aliphatic carbocycles. The summed E-state index contributed by atoms with van der Waals surface area (Å²) in [5.74, 6) is -0.137. The molecular weight excluding hydrogens is 386 g/mol. The van der Waals surface area contributed by atoms with Crippen LogP contribution in [0.2, 0.25) is 0 Å². The van der Waals surface area contributed by atoms with Crippen LogP contribution in [0, 0.1) is 18.8 Å². The highest BCUT2D eigenvalue weighted by Crippen LogP contribution is 2.54. The monoisotopic (exact) mass is 405 g/mol. The van der Waals surface area contributed by atoms with Gasteiger partial charge < -0.3 is 10.6 Å². The lowest BCUT2D eigenvalue weighted by Crippen LogP contribution is -2.51. The van der Waals surface area contributed by atoms with Crippen molar-refractivity contribution in [1.29, 1.82) is 0 Å². The number of benzene rings is 1. The maximum atomic E-state index is 13.0. The van der Waals surface area contributed by atoms with Crippen molar-refractivity contribution < 1.29 is 14.4 Å². The van der Waals surface area contributed by atoms with E-state index in [1.54, 1.807) is 6.07 Å². The third-order valence-corrected chi connectivity index (χ3v) is 5.96.